The summed E-state index contributed by atoms with van der Waals surface area (Å²) in [6.07, 6.45) is 1.05. The number of nitrogens with one attached hydrogen (secondary N) is 1. The molecule has 0 bridgehead atoms. The maximum absolute atomic E-state index is 12.5. The number of rotatable bonds is 8. The van der Waals surface area contributed by atoms with Crippen LogP contribution in [0.3, 0.4) is 0 Å². The van der Waals surface area contributed by atoms with Crippen LogP contribution in [-0.2, 0) is 11.3 Å². The SMILES string of the molecule is CCNC(=NCCN1C(=O)c2ccccc2C1=O)N1CCC(COCc2ccccc2)C1.I. The van der Waals surface area contributed by atoms with Crippen molar-refractivity contribution in [1.29, 1.82) is 0 Å². The van der Waals surface area contributed by atoms with Crippen molar-refractivity contribution < 1.29 is 14.3 Å². The fourth-order valence-electron chi connectivity index (χ4n) is 4.20. The second-order valence-corrected chi connectivity index (χ2v) is 8.14. The van der Waals surface area contributed by atoms with E-state index < -0.39 is 0 Å². The number of ether oxygens (including phenoxy) is 1. The number of nitrogens with zero attached hydrogens (tertiary/aromatic N) is 3. The topological polar surface area (TPSA) is 74.2 Å². The predicted octanol–water partition coefficient (Wildman–Crippen LogP) is 3.40. The van der Waals surface area contributed by atoms with Gasteiger partial charge >= 0.3 is 0 Å². The zero-order valence-electron chi connectivity index (χ0n) is 18.9. The van der Waals surface area contributed by atoms with E-state index in [4.69, 9.17) is 9.73 Å². The molecule has 0 radical (unpaired) electrons. The number of benzene rings is 2. The molecule has 0 spiro atoms. The molecule has 1 N–H and O–H groups in total. The molecule has 2 amide bonds. The van der Waals surface area contributed by atoms with Crippen molar-refractivity contribution in [3.63, 3.8) is 0 Å². The molecule has 2 aliphatic heterocycles. The van der Waals surface area contributed by atoms with E-state index in [0.29, 0.717) is 30.2 Å². The number of likely N-dealkylation sites (tertiary alicyclic amines) is 1. The number of carbonyl (C=O) groups is 2. The number of carbonyl (C=O) groups excluding carboxylic acids is 2. The quantitative estimate of drug-likeness (QED) is 0.231. The number of aliphatic imine (C=N–C) groups is 1. The highest BCUT2D eigenvalue weighted by molar-refractivity contribution is 14.0. The van der Waals surface area contributed by atoms with Gasteiger partial charge in [-0.05, 0) is 31.0 Å². The molecule has 2 heterocycles. The Morgan fingerprint density at radius 3 is 2.39 bits per heavy atom. The Balaban J connectivity index is 0.00000306. The third-order valence-electron chi connectivity index (χ3n) is 5.85. The summed E-state index contributed by atoms with van der Waals surface area (Å²) in [7, 11) is 0. The summed E-state index contributed by atoms with van der Waals surface area (Å²) in [4.78, 5) is 33.3. The lowest BCUT2D eigenvalue weighted by atomic mass is 10.1. The fourth-order valence-corrected chi connectivity index (χ4v) is 4.20. The van der Waals surface area contributed by atoms with Gasteiger partial charge in [-0.1, -0.05) is 42.5 Å². The monoisotopic (exact) mass is 562 g/mol. The molecule has 1 unspecified atom stereocenters. The zero-order valence-corrected chi connectivity index (χ0v) is 21.2. The van der Waals surface area contributed by atoms with Gasteiger partial charge in [0.25, 0.3) is 11.8 Å². The van der Waals surface area contributed by atoms with E-state index in [1.807, 2.05) is 25.1 Å². The van der Waals surface area contributed by atoms with E-state index in [-0.39, 0.29) is 42.3 Å². The van der Waals surface area contributed by atoms with E-state index in [2.05, 4.69) is 22.3 Å². The Bertz CT molecular complexity index is 948. The largest absolute Gasteiger partial charge is 0.376 e. The first kappa shape index (κ1) is 25.2. The third kappa shape index (κ3) is 6.11. The van der Waals surface area contributed by atoms with E-state index in [1.165, 1.54) is 10.5 Å². The van der Waals surface area contributed by atoms with Crippen molar-refractivity contribution in [3.8, 4) is 0 Å². The molecule has 1 saturated heterocycles. The van der Waals surface area contributed by atoms with Crippen LogP contribution in [-0.4, -0.2) is 66.9 Å². The second kappa shape index (κ2) is 12.1. The molecule has 0 aliphatic carbocycles. The number of guanidine groups is 1. The Morgan fingerprint density at radius 2 is 1.73 bits per heavy atom. The molecule has 176 valence electrons. The van der Waals surface area contributed by atoms with Crippen molar-refractivity contribution in [2.24, 2.45) is 10.9 Å². The highest BCUT2D eigenvalue weighted by Crippen LogP contribution is 2.22. The first-order chi connectivity index (χ1) is 15.7. The molecule has 0 saturated carbocycles. The molecule has 33 heavy (non-hydrogen) atoms. The van der Waals surface area contributed by atoms with Gasteiger partial charge in [0.05, 0.1) is 30.9 Å². The summed E-state index contributed by atoms with van der Waals surface area (Å²) >= 11 is 0. The van der Waals surface area contributed by atoms with Gasteiger partial charge in [0.2, 0.25) is 0 Å². The Kier molecular flexibility index (Phi) is 9.25. The summed E-state index contributed by atoms with van der Waals surface area (Å²) in [5.74, 6) is 0.818. The minimum Gasteiger partial charge on any atom is -0.376 e. The van der Waals surface area contributed by atoms with E-state index in [1.54, 1.807) is 24.3 Å². The molecule has 7 nitrogen and oxygen atoms in total. The van der Waals surface area contributed by atoms with Crippen LogP contribution in [0, 0.1) is 5.92 Å². The minimum absolute atomic E-state index is 0. The van der Waals surface area contributed by atoms with Crippen LogP contribution in [0.2, 0.25) is 0 Å². The lowest BCUT2D eigenvalue weighted by molar-refractivity contribution is 0.0659. The van der Waals surface area contributed by atoms with Gasteiger partial charge in [-0.15, -0.1) is 24.0 Å². The van der Waals surface area contributed by atoms with Crippen LogP contribution >= 0.6 is 24.0 Å². The third-order valence-corrected chi connectivity index (χ3v) is 5.85. The fraction of sp³-hybridized carbons (Fsp3) is 0.400. The van der Waals surface area contributed by atoms with E-state index in [9.17, 15) is 9.59 Å². The highest BCUT2D eigenvalue weighted by atomic mass is 127. The molecule has 0 aromatic heterocycles. The summed E-state index contributed by atoms with van der Waals surface area (Å²) in [6.45, 7) is 6.60. The van der Waals surface area contributed by atoms with Gasteiger partial charge < -0.3 is 15.0 Å². The molecule has 1 atom stereocenters. The van der Waals surface area contributed by atoms with Crippen LogP contribution in [0.5, 0.6) is 0 Å². The first-order valence-electron chi connectivity index (χ1n) is 11.3. The number of hydrogen-bond donors (Lipinski definition) is 1. The van der Waals surface area contributed by atoms with Crippen molar-refractivity contribution in [2.75, 3.05) is 39.3 Å². The van der Waals surface area contributed by atoms with E-state index in [0.717, 1.165) is 38.6 Å². The van der Waals surface area contributed by atoms with Crippen molar-refractivity contribution >= 4 is 41.8 Å². The smallest absolute Gasteiger partial charge is 0.261 e. The van der Waals surface area contributed by atoms with Gasteiger partial charge in [-0.2, -0.15) is 0 Å². The summed E-state index contributed by atoms with van der Waals surface area (Å²) in [5.41, 5.74) is 2.14. The summed E-state index contributed by atoms with van der Waals surface area (Å²) in [5, 5.41) is 3.34. The molecule has 4 rings (SSSR count). The Labute approximate surface area is 212 Å². The molecular formula is C25H31IN4O3. The van der Waals surface area contributed by atoms with Crippen LogP contribution in [0.25, 0.3) is 0 Å². The van der Waals surface area contributed by atoms with Gasteiger partial charge in [-0.3, -0.25) is 19.5 Å². The van der Waals surface area contributed by atoms with Gasteiger partial charge in [-0.25, -0.2) is 0 Å². The second-order valence-electron chi connectivity index (χ2n) is 8.14. The van der Waals surface area contributed by atoms with Crippen LogP contribution in [0.1, 0.15) is 39.6 Å². The lowest BCUT2D eigenvalue weighted by Crippen LogP contribution is -2.41. The molecular weight excluding hydrogens is 531 g/mol. The normalized spacial score (nSPS) is 17.8. The van der Waals surface area contributed by atoms with Gasteiger partial charge in [0, 0.05) is 32.1 Å². The lowest BCUT2D eigenvalue weighted by Gasteiger charge is -2.22. The first-order valence-corrected chi connectivity index (χ1v) is 11.3. The Morgan fingerprint density at radius 1 is 1.06 bits per heavy atom. The Hall–Kier alpha value is -2.46. The zero-order chi connectivity index (χ0) is 22.3. The number of halogens is 1. The molecule has 2 aliphatic rings. The van der Waals surface area contributed by atoms with Crippen molar-refractivity contribution in [1.82, 2.24) is 15.1 Å². The predicted molar refractivity (Wildman–Crippen MR) is 139 cm³/mol. The average Bonchev–Trinajstić information content (AvgIpc) is 3.38. The maximum Gasteiger partial charge on any atom is 0.261 e. The van der Waals surface area contributed by atoms with Crippen LogP contribution in [0.4, 0.5) is 0 Å². The van der Waals surface area contributed by atoms with Crippen molar-refractivity contribution in [2.45, 2.75) is 20.0 Å². The van der Waals surface area contributed by atoms with Gasteiger partial charge in [0.15, 0.2) is 5.96 Å². The minimum atomic E-state index is -0.234. The van der Waals surface area contributed by atoms with Crippen LogP contribution in [0.15, 0.2) is 59.6 Å². The molecule has 1 fully saturated rings. The molecule has 8 heteroatoms. The van der Waals surface area contributed by atoms with Crippen molar-refractivity contribution in [3.05, 3.63) is 71.3 Å². The number of amides is 2. The van der Waals surface area contributed by atoms with Gasteiger partial charge in [0.1, 0.15) is 0 Å². The average molecular weight is 562 g/mol. The number of imide groups is 1. The summed E-state index contributed by atoms with van der Waals surface area (Å²) < 4.78 is 5.93. The summed E-state index contributed by atoms with van der Waals surface area (Å²) in [6, 6.07) is 17.2. The number of fused-ring (bicyclic) bond motifs is 1. The van der Waals surface area contributed by atoms with E-state index >= 15 is 0 Å². The highest BCUT2D eigenvalue weighted by Gasteiger charge is 2.34. The molecule has 2 aromatic carbocycles. The van der Waals surface area contributed by atoms with Crippen LogP contribution < -0.4 is 5.32 Å². The molecule has 2 aromatic rings. The standard InChI is InChI=1S/C25H30N4O3.HI/c1-2-26-25(27-13-15-29-23(30)21-10-6-7-11-22(21)24(29)31)28-14-12-20(16-28)18-32-17-19-8-4-3-5-9-19;/h3-11,20H,2,12-18H2,1H3,(H,26,27);1H. The maximum atomic E-state index is 12.5. The number of hydrogen-bond acceptors (Lipinski definition) is 4.